The van der Waals surface area contributed by atoms with Crippen LogP contribution in [0, 0.1) is 45.3 Å². The van der Waals surface area contributed by atoms with Crippen LogP contribution in [-0.4, -0.2) is 56.3 Å². The van der Waals surface area contributed by atoms with Gasteiger partial charge in [-0.25, -0.2) is 0 Å². The van der Waals surface area contributed by atoms with Crippen LogP contribution in [0.2, 0.25) is 0 Å². The van der Waals surface area contributed by atoms with Crippen LogP contribution in [0.3, 0.4) is 0 Å². The summed E-state index contributed by atoms with van der Waals surface area (Å²) in [6.07, 6.45) is 0.391. The molecule has 4 aliphatic carbocycles. The van der Waals surface area contributed by atoms with Crippen molar-refractivity contribution in [2.45, 2.75) is 112 Å². The summed E-state index contributed by atoms with van der Waals surface area (Å²) in [6.45, 7) is 13.7. The Labute approximate surface area is 220 Å². The summed E-state index contributed by atoms with van der Waals surface area (Å²) in [5.41, 5.74) is -1.03. The number of carboxylic acids is 1. The number of allylic oxidation sites excluding steroid dienone is 1. The lowest BCUT2D eigenvalue weighted by molar-refractivity contribution is -0.143. The number of carbonyl (C=O) groups excluding carboxylic acids is 2. The van der Waals surface area contributed by atoms with Crippen molar-refractivity contribution in [2.75, 3.05) is 0 Å². The fourth-order valence-corrected chi connectivity index (χ4v) is 9.39. The zero-order valence-electron chi connectivity index (χ0n) is 23.5. The minimum atomic E-state index is -0.995. The van der Waals surface area contributed by atoms with Gasteiger partial charge >= 0.3 is 5.97 Å². The largest absolute Gasteiger partial charge is 0.481 e. The Hall–Kier alpha value is -1.57. The maximum atomic E-state index is 14.1. The molecule has 0 aliphatic heterocycles. The molecular weight excluding hydrogens is 472 g/mol. The topological polar surface area (TPSA) is 132 Å². The van der Waals surface area contributed by atoms with Gasteiger partial charge in [-0.1, -0.05) is 48.5 Å². The van der Waals surface area contributed by atoms with Gasteiger partial charge in [0.05, 0.1) is 24.2 Å². The number of Topliss-reactive ketones (excluding diaryl/α,β-unsaturated/α-hetero) is 2. The molecular formula is C30H46O7. The normalized spacial score (nSPS) is 44.5. The second kappa shape index (κ2) is 8.99. The summed E-state index contributed by atoms with van der Waals surface area (Å²) in [7, 11) is 0. The van der Waals surface area contributed by atoms with Gasteiger partial charge in [0.15, 0.2) is 5.78 Å². The molecule has 0 aromatic rings. The van der Waals surface area contributed by atoms with E-state index >= 15 is 0 Å². The molecule has 0 heterocycles. The second-order valence-electron chi connectivity index (χ2n) is 14.1. The molecule has 208 valence electrons. The van der Waals surface area contributed by atoms with Gasteiger partial charge in [0, 0.05) is 30.3 Å². The predicted molar refractivity (Wildman–Crippen MR) is 138 cm³/mol. The molecule has 7 heteroatoms. The molecule has 2 saturated carbocycles. The first-order valence-electron chi connectivity index (χ1n) is 14.0. The van der Waals surface area contributed by atoms with Crippen LogP contribution in [0.15, 0.2) is 11.1 Å². The number of hydrogen-bond acceptors (Lipinski definition) is 6. The lowest BCUT2D eigenvalue weighted by Crippen LogP contribution is -2.61. The first kappa shape index (κ1) is 28.4. The number of carboxylic acid groups (broad SMARTS) is 1. The molecule has 0 aromatic heterocycles. The number of ketones is 2. The molecule has 0 aromatic carbocycles. The van der Waals surface area contributed by atoms with Crippen molar-refractivity contribution in [2.24, 2.45) is 45.3 Å². The van der Waals surface area contributed by atoms with Gasteiger partial charge in [-0.2, -0.15) is 0 Å². The first-order chi connectivity index (χ1) is 16.9. The van der Waals surface area contributed by atoms with Gasteiger partial charge < -0.3 is 20.4 Å². The smallest absolute Gasteiger partial charge is 0.306 e. The molecule has 4 rings (SSSR count). The summed E-state index contributed by atoms with van der Waals surface area (Å²) in [6, 6.07) is 0. The quantitative estimate of drug-likeness (QED) is 0.419. The minimum Gasteiger partial charge on any atom is -0.481 e. The highest BCUT2D eigenvalue weighted by Crippen LogP contribution is 2.71. The van der Waals surface area contributed by atoms with E-state index in [4.69, 9.17) is 0 Å². The summed E-state index contributed by atoms with van der Waals surface area (Å²) in [4.78, 5) is 38.0. The molecule has 4 N–H and O–H groups in total. The van der Waals surface area contributed by atoms with Crippen LogP contribution in [-0.2, 0) is 14.4 Å². The zero-order valence-corrected chi connectivity index (χ0v) is 23.5. The van der Waals surface area contributed by atoms with Crippen LogP contribution < -0.4 is 0 Å². The van der Waals surface area contributed by atoms with E-state index in [2.05, 4.69) is 6.92 Å². The third-order valence-electron chi connectivity index (χ3n) is 11.8. The number of aliphatic carboxylic acids is 1. The highest BCUT2D eigenvalue weighted by molar-refractivity contribution is 6.00. The van der Waals surface area contributed by atoms with Gasteiger partial charge in [-0.15, -0.1) is 0 Å². The maximum Gasteiger partial charge on any atom is 0.306 e. The average molecular weight is 519 g/mol. The Balaban J connectivity index is 1.74. The highest BCUT2D eigenvalue weighted by Gasteiger charge is 2.70. The molecule has 7 nitrogen and oxygen atoms in total. The van der Waals surface area contributed by atoms with Gasteiger partial charge in [-0.05, 0) is 65.3 Å². The van der Waals surface area contributed by atoms with E-state index in [9.17, 15) is 34.8 Å². The SMILES string of the molecule is C[C@H](CC(=O)C[C@@H](C)[C@H]1C[C@H](O)[C@@]2(C)C3=C(C(=O)C[C@]12C)[C@@]1(C)CC[C@H](O)C(C)(C)C1C[C@@H]3O)C(=O)O. The minimum absolute atomic E-state index is 0.0190. The molecule has 0 bridgehead atoms. The standard InChI is InChI=1S/C30H46O7/c1-15(10-17(31)11-16(2)26(36)37)18-12-23(35)30(7)25-19(32)13-21-27(3,4)22(34)8-9-28(21,5)24(25)20(33)14-29(18,30)6/h15-16,18-19,21-23,32,34-35H,8-14H2,1-7H3,(H,36,37)/t15-,16-,18-,19+,21?,22+,23+,28+,29-,30+/m1/s1. The Bertz CT molecular complexity index is 1030. The van der Waals surface area contributed by atoms with Crippen molar-refractivity contribution in [3.8, 4) is 0 Å². The number of fused-ring (bicyclic) bond motifs is 4. The number of rotatable bonds is 6. The molecule has 4 aliphatic rings. The molecule has 0 spiro atoms. The molecule has 1 unspecified atom stereocenters. The Morgan fingerprint density at radius 3 is 2.19 bits per heavy atom. The van der Waals surface area contributed by atoms with Crippen LogP contribution in [0.4, 0.5) is 0 Å². The molecule has 0 saturated heterocycles. The van der Waals surface area contributed by atoms with Gasteiger partial charge in [0.25, 0.3) is 0 Å². The number of aliphatic hydroxyl groups is 3. The van der Waals surface area contributed by atoms with E-state index in [0.717, 1.165) is 0 Å². The second-order valence-corrected chi connectivity index (χ2v) is 14.1. The van der Waals surface area contributed by atoms with Gasteiger partial charge in [0.1, 0.15) is 5.78 Å². The summed E-state index contributed by atoms with van der Waals surface area (Å²) < 4.78 is 0. The van der Waals surface area contributed by atoms with Crippen LogP contribution in [0.1, 0.15) is 93.4 Å². The Kier molecular flexibility index (Phi) is 6.91. The van der Waals surface area contributed by atoms with Crippen molar-refractivity contribution in [1.82, 2.24) is 0 Å². The first-order valence-corrected chi connectivity index (χ1v) is 14.0. The monoisotopic (exact) mass is 518 g/mol. The third kappa shape index (κ3) is 3.89. The lowest BCUT2D eigenvalue weighted by Gasteiger charge is -2.62. The number of hydrogen-bond donors (Lipinski definition) is 4. The maximum absolute atomic E-state index is 14.1. The summed E-state index contributed by atoms with van der Waals surface area (Å²) in [5, 5.41) is 43.3. The van der Waals surface area contributed by atoms with Crippen molar-refractivity contribution >= 4 is 17.5 Å². The Morgan fingerprint density at radius 2 is 1.59 bits per heavy atom. The Morgan fingerprint density at radius 1 is 0.973 bits per heavy atom. The van der Waals surface area contributed by atoms with Crippen molar-refractivity contribution in [1.29, 1.82) is 0 Å². The van der Waals surface area contributed by atoms with E-state index in [-0.39, 0.29) is 48.6 Å². The lowest BCUT2D eigenvalue weighted by atomic mass is 9.42. The highest BCUT2D eigenvalue weighted by atomic mass is 16.4. The molecule has 10 atom stereocenters. The number of aliphatic hydroxyl groups excluding tert-OH is 3. The van der Waals surface area contributed by atoms with Crippen LogP contribution >= 0.6 is 0 Å². The van der Waals surface area contributed by atoms with Crippen molar-refractivity contribution in [3.05, 3.63) is 11.1 Å². The van der Waals surface area contributed by atoms with E-state index in [1.54, 1.807) is 0 Å². The fraction of sp³-hybridized carbons (Fsp3) is 0.833. The average Bonchev–Trinajstić information content (AvgIpc) is 2.99. The molecule has 0 radical (unpaired) electrons. The number of carbonyl (C=O) groups is 3. The van der Waals surface area contributed by atoms with Crippen molar-refractivity contribution in [3.63, 3.8) is 0 Å². The van der Waals surface area contributed by atoms with Crippen LogP contribution in [0.5, 0.6) is 0 Å². The fourth-order valence-electron chi connectivity index (χ4n) is 9.39. The predicted octanol–water partition coefficient (Wildman–Crippen LogP) is 3.92. The third-order valence-corrected chi connectivity index (χ3v) is 11.8. The van der Waals surface area contributed by atoms with Crippen LogP contribution in [0.25, 0.3) is 0 Å². The van der Waals surface area contributed by atoms with E-state index in [1.807, 2.05) is 34.6 Å². The summed E-state index contributed by atoms with van der Waals surface area (Å²) >= 11 is 0. The molecule has 37 heavy (non-hydrogen) atoms. The van der Waals surface area contributed by atoms with E-state index in [1.165, 1.54) is 6.92 Å². The van der Waals surface area contributed by atoms with E-state index in [0.29, 0.717) is 36.8 Å². The van der Waals surface area contributed by atoms with E-state index < -0.39 is 51.9 Å². The molecule has 0 amide bonds. The molecule has 2 fully saturated rings. The van der Waals surface area contributed by atoms with Gasteiger partial charge in [-0.3, -0.25) is 14.4 Å². The zero-order chi connectivity index (χ0) is 27.9. The summed E-state index contributed by atoms with van der Waals surface area (Å²) in [5.74, 6) is -2.17. The van der Waals surface area contributed by atoms with Gasteiger partial charge in [0.2, 0.25) is 0 Å². The van der Waals surface area contributed by atoms with Crippen molar-refractivity contribution < 1.29 is 34.8 Å².